The molecule has 2 atom stereocenters. The molecule has 1 heterocycles. The lowest BCUT2D eigenvalue weighted by atomic mass is 9.84. The molecule has 2 unspecified atom stereocenters. The molecule has 0 bridgehead atoms. The SMILES string of the molecule is CCCNC(CCN1CCCC1C1CCCC1)C(C)(C)C. The first kappa shape index (κ1) is 17.3. The molecule has 0 amide bonds. The monoisotopic (exact) mass is 294 g/mol. The largest absolute Gasteiger partial charge is 0.313 e. The van der Waals surface area contributed by atoms with Crippen LogP contribution in [0.25, 0.3) is 0 Å². The summed E-state index contributed by atoms with van der Waals surface area (Å²) >= 11 is 0. The van der Waals surface area contributed by atoms with E-state index in [-0.39, 0.29) is 0 Å². The number of rotatable bonds is 7. The summed E-state index contributed by atoms with van der Waals surface area (Å²) in [4.78, 5) is 2.84. The predicted octanol–water partition coefficient (Wildman–Crippen LogP) is 4.45. The maximum absolute atomic E-state index is 3.79. The fourth-order valence-corrected chi connectivity index (χ4v) is 4.46. The summed E-state index contributed by atoms with van der Waals surface area (Å²) in [5, 5.41) is 3.79. The molecule has 2 aliphatic rings. The number of nitrogens with zero attached hydrogens (tertiary/aromatic N) is 1. The van der Waals surface area contributed by atoms with Crippen LogP contribution in [0.1, 0.15) is 79.1 Å². The lowest BCUT2D eigenvalue weighted by molar-refractivity contribution is 0.162. The summed E-state index contributed by atoms with van der Waals surface area (Å²) in [6, 6.07) is 1.57. The van der Waals surface area contributed by atoms with Crippen molar-refractivity contribution in [1.29, 1.82) is 0 Å². The summed E-state index contributed by atoms with van der Waals surface area (Å²) in [7, 11) is 0. The van der Waals surface area contributed by atoms with E-state index in [0.717, 1.165) is 18.5 Å². The minimum atomic E-state index is 0.373. The van der Waals surface area contributed by atoms with Gasteiger partial charge in [-0.2, -0.15) is 0 Å². The van der Waals surface area contributed by atoms with E-state index in [0.29, 0.717) is 11.5 Å². The summed E-state index contributed by atoms with van der Waals surface area (Å²) < 4.78 is 0. The van der Waals surface area contributed by atoms with Gasteiger partial charge in [0.15, 0.2) is 0 Å². The third kappa shape index (κ3) is 4.96. The van der Waals surface area contributed by atoms with E-state index in [9.17, 15) is 0 Å². The van der Waals surface area contributed by atoms with Crippen LogP contribution in [0.5, 0.6) is 0 Å². The molecule has 0 spiro atoms. The van der Waals surface area contributed by atoms with Crippen molar-refractivity contribution in [1.82, 2.24) is 10.2 Å². The second-order valence-electron chi connectivity index (χ2n) is 8.45. The first-order valence-electron chi connectivity index (χ1n) is 9.49. The Balaban J connectivity index is 1.83. The van der Waals surface area contributed by atoms with Crippen molar-refractivity contribution in [3.63, 3.8) is 0 Å². The van der Waals surface area contributed by atoms with Crippen molar-refractivity contribution in [3.05, 3.63) is 0 Å². The van der Waals surface area contributed by atoms with Gasteiger partial charge >= 0.3 is 0 Å². The Bertz CT molecular complexity index is 288. The second kappa shape index (κ2) is 7.97. The fraction of sp³-hybridized carbons (Fsp3) is 1.00. The highest BCUT2D eigenvalue weighted by molar-refractivity contribution is 4.89. The van der Waals surface area contributed by atoms with Crippen LogP contribution in [-0.2, 0) is 0 Å². The number of hydrogen-bond acceptors (Lipinski definition) is 2. The zero-order valence-corrected chi connectivity index (χ0v) is 15.0. The molecule has 1 N–H and O–H groups in total. The average Bonchev–Trinajstić information content (AvgIpc) is 3.07. The fourth-order valence-electron chi connectivity index (χ4n) is 4.46. The van der Waals surface area contributed by atoms with Crippen molar-refractivity contribution in [2.75, 3.05) is 19.6 Å². The van der Waals surface area contributed by atoms with Crippen LogP contribution in [0.15, 0.2) is 0 Å². The Labute approximate surface area is 133 Å². The zero-order chi connectivity index (χ0) is 15.3. The second-order valence-corrected chi connectivity index (χ2v) is 8.45. The Morgan fingerprint density at radius 3 is 2.43 bits per heavy atom. The van der Waals surface area contributed by atoms with Crippen LogP contribution in [-0.4, -0.2) is 36.6 Å². The Morgan fingerprint density at radius 1 is 1.10 bits per heavy atom. The van der Waals surface area contributed by atoms with Gasteiger partial charge in [-0.05, 0) is 69.5 Å². The molecule has 2 rings (SSSR count). The number of nitrogens with one attached hydrogen (secondary N) is 1. The lowest BCUT2D eigenvalue weighted by Crippen LogP contribution is -2.44. The quantitative estimate of drug-likeness (QED) is 0.746. The highest BCUT2D eigenvalue weighted by atomic mass is 15.2. The highest BCUT2D eigenvalue weighted by Gasteiger charge is 2.34. The van der Waals surface area contributed by atoms with Crippen LogP contribution in [0, 0.1) is 11.3 Å². The molecule has 2 fully saturated rings. The lowest BCUT2D eigenvalue weighted by Gasteiger charge is -2.35. The van der Waals surface area contributed by atoms with Gasteiger partial charge in [0.05, 0.1) is 0 Å². The van der Waals surface area contributed by atoms with E-state index in [1.165, 1.54) is 64.5 Å². The van der Waals surface area contributed by atoms with E-state index in [1.54, 1.807) is 0 Å². The van der Waals surface area contributed by atoms with Gasteiger partial charge in [-0.15, -0.1) is 0 Å². The van der Waals surface area contributed by atoms with Gasteiger partial charge in [0.25, 0.3) is 0 Å². The molecule has 21 heavy (non-hydrogen) atoms. The molecule has 0 aromatic carbocycles. The molecule has 1 saturated heterocycles. The molecule has 1 aliphatic heterocycles. The van der Waals surface area contributed by atoms with Crippen molar-refractivity contribution in [3.8, 4) is 0 Å². The van der Waals surface area contributed by atoms with E-state index < -0.39 is 0 Å². The molecular weight excluding hydrogens is 256 g/mol. The minimum Gasteiger partial charge on any atom is -0.313 e. The molecular formula is C19H38N2. The van der Waals surface area contributed by atoms with E-state index in [4.69, 9.17) is 0 Å². The van der Waals surface area contributed by atoms with Crippen molar-refractivity contribution in [2.24, 2.45) is 11.3 Å². The normalized spacial score (nSPS) is 26.6. The third-order valence-electron chi connectivity index (χ3n) is 5.75. The highest BCUT2D eigenvalue weighted by Crippen LogP contribution is 2.35. The maximum Gasteiger partial charge on any atom is 0.0128 e. The smallest absolute Gasteiger partial charge is 0.0128 e. The first-order valence-corrected chi connectivity index (χ1v) is 9.49. The standard InChI is InChI=1S/C19H38N2/c1-5-13-20-18(19(2,3)4)12-15-21-14-8-11-17(21)16-9-6-7-10-16/h16-18,20H,5-15H2,1-4H3. The first-order chi connectivity index (χ1) is 10.0. The van der Waals surface area contributed by atoms with Crippen LogP contribution < -0.4 is 5.32 Å². The molecule has 1 saturated carbocycles. The van der Waals surface area contributed by atoms with Crippen LogP contribution >= 0.6 is 0 Å². The Morgan fingerprint density at radius 2 is 1.81 bits per heavy atom. The molecule has 0 aromatic rings. The van der Waals surface area contributed by atoms with Crippen LogP contribution in [0.3, 0.4) is 0 Å². The van der Waals surface area contributed by atoms with Gasteiger partial charge in [0.1, 0.15) is 0 Å². The van der Waals surface area contributed by atoms with E-state index >= 15 is 0 Å². The molecule has 124 valence electrons. The molecule has 2 nitrogen and oxygen atoms in total. The van der Waals surface area contributed by atoms with E-state index in [2.05, 4.69) is 37.9 Å². The van der Waals surface area contributed by atoms with Crippen molar-refractivity contribution in [2.45, 2.75) is 91.1 Å². The molecule has 2 heteroatoms. The van der Waals surface area contributed by atoms with Gasteiger partial charge in [0.2, 0.25) is 0 Å². The van der Waals surface area contributed by atoms with Gasteiger partial charge < -0.3 is 10.2 Å². The van der Waals surface area contributed by atoms with Crippen molar-refractivity contribution >= 4 is 0 Å². The summed E-state index contributed by atoms with van der Waals surface area (Å²) in [6.07, 6.45) is 11.4. The number of likely N-dealkylation sites (tertiary alicyclic amines) is 1. The zero-order valence-electron chi connectivity index (χ0n) is 15.0. The van der Waals surface area contributed by atoms with Crippen molar-refractivity contribution < 1.29 is 0 Å². The molecule has 0 aromatic heterocycles. The van der Waals surface area contributed by atoms with Crippen LogP contribution in [0.4, 0.5) is 0 Å². The predicted molar refractivity (Wildman–Crippen MR) is 92.7 cm³/mol. The van der Waals surface area contributed by atoms with E-state index in [1.807, 2.05) is 0 Å². The average molecular weight is 295 g/mol. The topological polar surface area (TPSA) is 15.3 Å². The summed E-state index contributed by atoms with van der Waals surface area (Å²) in [5.74, 6) is 1.02. The van der Waals surface area contributed by atoms with Gasteiger partial charge in [0, 0.05) is 12.1 Å². The maximum atomic E-state index is 3.79. The van der Waals surface area contributed by atoms with Gasteiger partial charge in [-0.3, -0.25) is 0 Å². The van der Waals surface area contributed by atoms with Crippen LogP contribution in [0.2, 0.25) is 0 Å². The Kier molecular flexibility index (Phi) is 6.55. The third-order valence-corrected chi connectivity index (χ3v) is 5.75. The Hall–Kier alpha value is -0.0800. The summed E-state index contributed by atoms with van der Waals surface area (Å²) in [5.41, 5.74) is 0.373. The molecule has 1 aliphatic carbocycles. The number of hydrogen-bond donors (Lipinski definition) is 1. The van der Waals surface area contributed by atoms with Gasteiger partial charge in [-0.25, -0.2) is 0 Å². The summed E-state index contributed by atoms with van der Waals surface area (Å²) in [6.45, 7) is 13.2. The molecule has 0 radical (unpaired) electrons. The van der Waals surface area contributed by atoms with Gasteiger partial charge in [-0.1, -0.05) is 40.5 Å². The minimum absolute atomic E-state index is 0.373.